The summed E-state index contributed by atoms with van der Waals surface area (Å²) in [5.74, 6) is 2.11. The number of nitrogens with zero attached hydrogens (tertiary/aromatic N) is 1. The first-order chi connectivity index (χ1) is 14.3. The van der Waals surface area contributed by atoms with Crippen molar-refractivity contribution in [3.8, 4) is 12.3 Å². The van der Waals surface area contributed by atoms with Crippen LogP contribution in [0.4, 0.5) is 4.79 Å². The Morgan fingerprint density at radius 3 is 2.67 bits per heavy atom. The van der Waals surface area contributed by atoms with Crippen molar-refractivity contribution in [2.45, 2.75) is 25.4 Å². The molecule has 1 aromatic rings. The number of benzene rings is 1. The summed E-state index contributed by atoms with van der Waals surface area (Å²) in [5, 5.41) is 5.48. The van der Waals surface area contributed by atoms with Gasteiger partial charge < -0.3 is 15.4 Å². The molecule has 1 aromatic carbocycles. The maximum Gasteiger partial charge on any atom is 0.338 e. The predicted molar refractivity (Wildman–Crippen MR) is 112 cm³/mol. The molecule has 2 unspecified atom stereocenters. The second-order valence-electron chi connectivity index (χ2n) is 7.22. The Kier molecular flexibility index (Phi) is 6.80. The normalized spacial score (nSPS) is 22.9. The molecule has 1 fully saturated rings. The molecular weight excluding hydrogens is 406 g/mol. The molecule has 0 bridgehead atoms. The molecule has 160 valence electrons. The zero-order valence-corrected chi connectivity index (χ0v) is 17.6. The summed E-state index contributed by atoms with van der Waals surface area (Å²) in [4.78, 5) is 27.0. The predicted octanol–water partition coefficient (Wildman–Crippen LogP) is 0.980. The van der Waals surface area contributed by atoms with Crippen molar-refractivity contribution in [2.75, 3.05) is 31.2 Å². The van der Waals surface area contributed by atoms with Crippen LogP contribution in [0.25, 0.3) is 0 Å². The van der Waals surface area contributed by atoms with E-state index in [2.05, 4.69) is 16.6 Å². The molecule has 0 aliphatic carbocycles. The number of nitrogens with one attached hydrogen (secondary N) is 2. The largest absolute Gasteiger partial charge is 0.463 e. The molecule has 2 N–H and O–H groups in total. The number of sulfone groups is 1. The van der Waals surface area contributed by atoms with Gasteiger partial charge in [-0.25, -0.2) is 18.0 Å². The van der Waals surface area contributed by atoms with Crippen molar-refractivity contribution in [2.24, 2.45) is 0 Å². The molecule has 30 heavy (non-hydrogen) atoms. The van der Waals surface area contributed by atoms with Gasteiger partial charge in [0.1, 0.15) is 0 Å². The molecule has 2 heterocycles. The number of esters is 1. The second kappa shape index (κ2) is 9.32. The fourth-order valence-corrected chi connectivity index (χ4v) is 5.55. The highest BCUT2D eigenvalue weighted by Crippen LogP contribution is 2.29. The summed E-state index contributed by atoms with van der Waals surface area (Å²) in [6, 6.07) is 7.70. The van der Waals surface area contributed by atoms with E-state index in [4.69, 9.17) is 11.2 Å². The first-order valence-electron chi connectivity index (χ1n) is 9.75. The van der Waals surface area contributed by atoms with Gasteiger partial charge in [-0.1, -0.05) is 36.3 Å². The molecule has 1 saturated heterocycles. The number of hydrogen-bond donors (Lipinski definition) is 2. The third kappa shape index (κ3) is 5.01. The Balaban J connectivity index is 2.00. The van der Waals surface area contributed by atoms with Gasteiger partial charge in [-0.2, -0.15) is 0 Å². The van der Waals surface area contributed by atoms with Crippen molar-refractivity contribution < 1.29 is 22.7 Å². The average molecular weight is 432 g/mol. The van der Waals surface area contributed by atoms with E-state index in [9.17, 15) is 18.0 Å². The molecule has 8 nitrogen and oxygen atoms in total. The van der Waals surface area contributed by atoms with Crippen LogP contribution in [0.1, 0.15) is 24.9 Å². The second-order valence-corrected chi connectivity index (χ2v) is 9.45. The highest BCUT2D eigenvalue weighted by Gasteiger charge is 2.37. The number of carbonyl (C=O) groups is 2. The number of rotatable bonds is 7. The van der Waals surface area contributed by atoms with Gasteiger partial charge in [-0.3, -0.25) is 4.90 Å². The Morgan fingerprint density at radius 2 is 2.07 bits per heavy atom. The summed E-state index contributed by atoms with van der Waals surface area (Å²) >= 11 is 0. The molecule has 2 aliphatic heterocycles. The van der Waals surface area contributed by atoms with Gasteiger partial charge in [0.15, 0.2) is 9.84 Å². The SMILES string of the molecule is C#CCN(CC1=C(C(=O)OCC)C(c2ccccc2)NC(=O)N1)C1CCS(=O)(=O)C1. The monoisotopic (exact) mass is 431 g/mol. The van der Waals surface area contributed by atoms with Crippen LogP contribution in [0.2, 0.25) is 0 Å². The fraction of sp³-hybridized carbons (Fsp3) is 0.429. The minimum absolute atomic E-state index is 0.00497. The van der Waals surface area contributed by atoms with Gasteiger partial charge >= 0.3 is 12.0 Å². The van der Waals surface area contributed by atoms with Crippen molar-refractivity contribution in [3.05, 3.63) is 47.2 Å². The van der Waals surface area contributed by atoms with Crippen LogP contribution in [-0.4, -0.2) is 62.6 Å². The van der Waals surface area contributed by atoms with Gasteiger partial charge in [0.05, 0.1) is 36.3 Å². The third-order valence-electron chi connectivity index (χ3n) is 5.16. The molecule has 2 atom stereocenters. The lowest BCUT2D eigenvalue weighted by atomic mass is 9.95. The highest BCUT2D eigenvalue weighted by molar-refractivity contribution is 7.91. The van der Waals surface area contributed by atoms with Crippen LogP contribution in [0, 0.1) is 12.3 Å². The standard InChI is InChI=1S/C21H25N3O5S/c1-3-11-24(16-10-12-30(27,28)14-16)13-17-18(20(25)29-4-2)19(23-21(26)22-17)15-8-6-5-7-9-15/h1,5-9,16,19H,4,10-14H2,2H3,(H2,22,23,26). The van der Waals surface area contributed by atoms with Crippen LogP contribution >= 0.6 is 0 Å². The van der Waals surface area contributed by atoms with Gasteiger partial charge in [-0.15, -0.1) is 6.42 Å². The summed E-state index contributed by atoms with van der Waals surface area (Å²) in [7, 11) is -3.12. The topological polar surface area (TPSA) is 105 Å². The van der Waals surface area contributed by atoms with Crippen LogP contribution in [0.5, 0.6) is 0 Å². The van der Waals surface area contributed by atoms with Gasteiger partial charge in [0.25, 0.3) is 0 Å². The molecular formula is C21H25N3O5S. The van der Waals surface area contributed by atoms with E-state index >= 15 is 0 Å². The zero-order chi connectivity index (χ0) is 21.7. The van der Waals surface area contributed by atoms with Crippen LogP contribution < -0.4 is 10.6 Å². The fourth-order valence-electron chi connectivity index (χ4n) is 3.79. The van der Waals surface area contributed by atoms with E-state index < -0.39 is 27.9 Å². The molecule has 2 aliphatic rings. The van der Waals surface area contributed by atoms with E-state index in [1.807, 2.05) is 35.2 Å². The Labute approximate surface area is 176 Å². The van der Waals surface area contributed by atoms with Gasteiger partial charge in [-0.05, 0) is 18.9 Å². The summed E-state index contributed by atoms with van der Waals surface area (Å²) < 4.78 is 29.1. The Bertz CT molecular complexity index is 982. The van der Waals surface area contributed by atoms with Crippen molar-refractivity contribution in [1.29, 1.82) is 0 Å². The number of ether oxygens (including phenoxy) is 1. The summed E-state index contributed by atoms with van der Waals surface area (Å²) in [6.45, 7) is 2.22. The van der Waals surface area contributed by atoms with Crippen molar-refractivity contribution in [3.63, 3.8) is 0 Å². The Morgan fingerprint density at radius 1 is 1.33 bits per heavy atom. The minimum Gasteiger partial charge on any atom is -0.463 e. The van der Waals surface area contributed by atoms with E-state index in [1.165, 1.54) is 0 Å². The van der Waals surface area contributed by atoms with E-state index in [0.717, 1.165) is 5.56 Å². The quantitative estimate of drug-likeness (QED) is 0.493. The molecule has 3 rings (SSSR count). The molecule has 0 radical (unpaired) electrons. The van der Waals surface area contributed by atoms with E-state index in [-0.39, 0.29) is 42.8 Å². The molecule has 0 aromatic heterocycles. The lowest BCUT2D eigenvalue weighted by Crippen LogP contribution is -2.50. The third-order valence-corrected chi connectivity index (χ3v) is 6.91. The maximum absolute atomic E-state index is 12.8. The first kappa shape index (κ1) is 21.9. The summed E-state index contributed by atoms with van der Waals surface area (Å²) in [5.41, 5.74) is 1.39. The minimum atomic E-state index is -3.12. The van der Waals surface area contributed by atoms with E-state index in [1.54, 1.807) is 6.92 Å². The van der Waals surface area contributed by atoms with Crippen LogP contribution in [-0.2, 0) is 19.4 Å². The number of carbonyl (C=O) groups excluding carboxylic acids is 2. The van der Waals surface area contributed by atoms with Crippen molar-refractivity contribution in [1.82, 2.24) is 15.5 Å². The maximum atomic E-state index is 12.8. The lowest BCUT2D eigenvalue weighted by molar-refractivity contribution is -0.139. The lowest BCUT2D eigenvalue weighted by Gasteiger charge is -2.33. The molecule has 2 amide bonds. The van der Waals surface area contributed by atoms with E-state index in [0.29, 0.717) is 12.1 Å². The number of amides is 2. The van der Waals surface area contributed by atoms with Gasteiger partial charge in [0, 0.05) is 18.3 Å². The highest BCUT2D eigenvalue weighted by atomic mass is 32.2. The number of urea groups is 1. The van der Waals surface area contributed by atoms with Gasteiger partial charge in [0.2, 0.25) is 0 Å². The number of hydrogen-bond acceptors (Lipinski definition) is 6. The number of terminal acetylenes is 1. The molecule has 0 saturated carbocycles. The molecule has 9 heteroatoms. The smallest absolute Gasteiger partial charge is 0.338 e. The molecule has 0 spiro atoms. The van der Waals surface area contributed by atoms with Crippen LogP contribution in [0.3, 0.4) is 0 Å². The summed E-state index contributed by atoms with van der Waals surface area (Å²) in [6.07, 6.45) is 5.97. The van der Waals surface area contributed by atoms with Crippen LogP contribution in [0.15, 0.2) is 41.6 Å². The Hall–Kier alpha value is -2.83. The zero-order valence-electron chi connectivity index (χ0n) is 16.8. The average Bonchev–Trinajstić information content (AvgIpc) is 3.07. The first-order valence-corrected chi connectivity index (χ1v) is 11.6. The van der Waals surface area contributed by atoms with Crippen molar-refractivity contribution >= 4 is 21.8 Å².